The monoisotopic (exact) mass is 274 g/mol. The Hall–Kier alpha value is -2.17. The lowest BCUT2D eigenvalue weighted by atomic mass is 10.1. The van der Waals surface area contributed by atoms with Crippen LogP contribution in [0.15, 0.2) is 24.3 Å². The molecule has 0 radical (unpaired) electrons. The molecule has 1 aromatic heterocycles. The van der Waals surface area contributed by atoms with Crippen LogP contribution in [-0.2, 0) is 23.1 Å². The fraction of sp³-hybridized carbons (Fsp3) is 0.400. The van der Waals surface area contributed by atoms with E-state index in [4.69, 9.17) is 5.11 Å². The molecule has 1 aromatic carbocycles. The fourth-order valence-corrected chi connectivity index (χ4v) is 2.22. The minimum absolute atomic E-state index is 0.105. The number of Topliss-reactive ketones (excluding diaryl/α,β-unsaturated/α-hetero) is 1. The molecule has 0 aliphatic rings. The molecule has 1 N–H and O–H groups in total. The van der Waals surface area contributed by atoms with Crippen LogP contribution < -0.4 is 0 Å². The molecule has 0 atom stereocenters. The Morgan fingerprint density at radius 1 is 1.20 bits per heavy atom. The first-order valence-corrected chi connectivity index (χ1v) is 6.72. The van der Waals surface area contributed by atoms with Gasteiger partial charge in [0, 0.05) is 19.9 Å². The summed E-state index contributed by atoms with van der Waals surface area (Å²) in [4.78, 5) is 26.7. The van der Waals surface area contributed by atoms with Crippen LogP contribution in [0.5, 0.6) is 0 Å². The summed E-state index contributed by atoms with van der Waals surface area (Å²) < 4.78 is 1.94. The van der Waals surface area contributed by atoms with Gasteiger partial charge in [-0.2, -0.15) is 0 Å². The van der Waals surface area contributed by atoms with Crippen molar-refractivity contribution in [2.45, 2.75) is 32.1 Å². The van der Waals surface area contributed by atoms with Gasteiger partial charge < -0.3 is 9.67 Å². The number of imidazole rings is 1. The van der Waals surface area contributed by atoms with Gasteiger partial charge in [-0.1, -0.05) is 12.1 Å². The lowest BCUT2D eigenvalue weighted by molar-refractivity contribution is -0.137. The maximum Gasteiger partial charge on any atom is 0.303 e. The third-order valence-corrected chi connectivity index (χ3v) is 3.33. The molecule has 0 unspecified atom stereocenters. The van der Waals surface area contributed by atoms with Crippen LogP contribution in [0.25, 0.3) is 11.0 Å². The van der Waals surface area contributed by atoms with Crippen molar-refractivity contribution in [3.63, 3.8) is 0 Å². The maximum absolute atomic E-state index is 11.9. The molecule has 0 fully saturated rings. The highest BCUT2D eigenvalue weighted by molar-refractivity contribution is 5.82. The SMILES string of the molecule is Cn1c(CC(=O)CCCCC(=O)O)nc2ccccc21. The number of unbranched alkanes of at least 4 members (excludes halogenated alkanes) is 1. The largest absolute Gasteiger partial charge is 0.481 e. The Balaban J connectivity index is 1.93. The van der Waals surface area contributed by atoms with Gasteiger partial charge in [-0.15, -0.1) is 0 Å². The van der Waals surface area contributed by atoms with Gasteiger partial charge in [0.25, 0.3) is 0 Å². The highest BCUT2D eigenvalue weighted by atomic mass is 16.4. The molecular formula is C15H18N2O3. The number of carboxylic acids is 1. The molecule has 2 aromatic rings. The number of hydrogen-bond acceptors (Lipinski definition) is 3. The van der Waals surface area contributed by atoms with Crippen molar-refractivity contribution >= 4 is 22.8 Å². The van der Waals surface area contributed by atoms with Crippen molar-refractivity contribution < 1.29 is 14.7 Å². The molecule has 5 nitrogen and oxygen atoms in total. The molecule has 1 heterocycles. The molecule has 0 aliphatic carbocycles. The van der Waals surface area contributed by atoms with Crippen molar-refractivity contribution in [3.8, 4) is 0 Å². The summed E-state index contributed by atoms with van der Waals surface area (Å²) in [6, 6.07) is 7.77. The number of ketones is 1. The molecule has 0 aliphatic heterocycles. The van der Waals surface area contributed by atoms with Crippen molar-refractivity contribution in [3.05, 3.63) is 30.1 Å². The lowest BCUT2D eigenvalue weighted by Gasteiger charge is -2.02. The minimum Gasteiger partial charge on any atom is -0.481 e. The summed E-state index contributed by atoms with van der Waals surface area (Å²) >= 11 is 0. The molecule has 5 heteroatoms. The standard InChI is InChI=1S/C15H18N2O3/c1-17-13-8-4-3-7-12(13)16-14(17)10-11(18)6-2-5-9-15(19)20/h3-4,7-8H,2,5-6,9-10H2,1H3,(H,19,20). The Kier molecular flexibility index (Phi) is 4.50. The van der Waals surface area contributed by atoms with Crippen molar-refractivity contribution in [1.82, 2.24) is 9.55 Å². The van der Waals surface area contributed by atoms with Gasteiger partial charge in [0.1, 0.15) is 11.6 Å². The van der Waals surface area contributed by atoms with Crippen LogP contribution in [0.4, 0.5) is 0 Å². The second-order valence-electron chi connectivity index (χ2n) is 4.89. The number of carbonyl (C=O) groups is 2. The van der Waals surface area contributed by atoms with Gasteiger partial charge >= 0.3 is 5.97 Å². The average molecular weight is 274 g/mol. The highest BCUT2D eigenvalue weighted by Crippen LogP contribution is 2.15. The summed E-state index contributed by atoms with van der Waals surface area (Å²) in [5.74, 6) is 0.0519. The lowest BCUT2D eigenvalue weighted by Crippen LogP contribution is -2.08. The number of aryl methyl sites for hydroxylation is 1. The van der Waals surface area contributed by atoms with Crippen LogP contribution in [0.2, 0.25) is 0 Å². The third kappa shape index (κ3) is 3.44. The second kappa shape index (κ2) is 6.32. The number of nitrogens with zero attached hydrogens (tertiary/aromatic N) is 2. The van der Waals surface area contributed by atoms with E-state index >= 15 is 0 Å². The van der Waals surface area contributed by atoms with Crippen molar-refractivity contribution in [1.29, 1.82) is 0 Å². The predicted molar refractivity (Wildman–Crippen MR) is 75.5 cm³/mol. The Bertz CT molecular complexity index is 631. The number of rotatable bonds is 7. The first kappa shape index (κ1) is 14.2. The normalized spacial score (nSPS) is 10.8. The van der Waals surface area contributed by atoms with Crippen LogP contribution >= 0.6 is 0 Å². The number of carboxylic acid groups (broad SMARTS) is 1. The van der Waals surface area contributed by atoms with Gasteiger partial charge in [-0.25, -0.2) is 4.98 Å². The van der Waals surface area contributed by atoms with Gasteiger partial charge in [0.05, 0.1) is 17.5 Å². The summed E-state index contributed by atoms with van der Waals surface area (Å²) in [5, 5.41) is 8.53. The van der Waals surface area contributed by atoms with Gasteiger partial charge in [-0.05, 0) is 25.0 Å². The zero-order valence-electron chi connectivity index (χ0n) is 11.5. The summed E-state index contributed by atoms with van der Waals surface area (Å²) in [6.07, 6.45) is 2.01. The molecule has 0 saturated carbocycles. The summed E-state index contributed by atoms with van der Waals surface area (Å²) in [5.41, 5.74) is 1.91. The Morgan fingerprint density at radius 2 is 1.90 bits per heavy atom. The van der Waals surface area contributed by atoms with Crippen LogP contribution in [0, 0.1) is 0 Å². The van der Waals surface area contributed by atoms with Crippen LogP contribution in [-0.4, -0.2) is 26.4 Å². The van der Waals surface area contributed by atoms with E-state index in [2.05, 4.69) is 4.98 Å². The second-order valence-corrected chi connectivity index (χ2v) is 4.89. The maximum atomic E-state index is 11.9. The molecule has 0 spiro atoms. The van der Waals surface area contributed by atoms with E-state index in [0.717, 1.165) is 16.9 Å². The molecular weight excluding hydrogens is 256 g/mol. The van der Waals surface area contributed by atoms with E-state index < -0.39 is 5.97 Å². The Labute approximate surface area is 117 Å². The number of benzene rings is 1. The predicted octanol–water partition coefficient (Wildman–Crippen LogP) is 2.33. The average Bonchev–Trinajstić information content (AvgIpc) is 2.72. The quantitative estimate of drug-likeness (QED) is 0.786. The smallest absolute Gasteiger partial charge is 0.303 e. The number of fused-ring (bicyclic) bond motifs is 1. The number of aliphatic carboxylic acids is 1. The van der Waals surface area contributed by atoms with Crippen molar-refractivity contribution in [2.24, 2.45) is 7.05 Å². The van der Waals surface area contributed by atoms with Crippen molar-refractivity contribution in [2.75, 3.05) is 0 Å². The molecule has 0 saturated heterocycles. The van der Waals surface area contributed by atoms with E-state index in [1.807, 2.05) is 35.9 Å². The van der Waals surface area contributed by atoms with E-state index in [-0.39, 0.29) is 12.2 Å². The van der Waals surface area contributed by atoms with Crippen LogP contribution in [0.1, 0.15) is 31.5 Å². The van der Waals surface area contributed by atoms with E-state index in [1.165, 1.54) is 0 Å². The van der Waals surface area contributed by atoms with Crippen LogP contribution in [0.3, 0.4) is 0 Å². The van der Waals surface area contributed by atoms with Gasteiger partial charge in [-0.3, -0.25) is 9.59 Å². The minimum atomic E-state index is -0.812. The highest BCUT2D eigenvalue weighted by Gasteiger charge is 2.11. The molecule has 2 rings (SSSR count). The third-order valence-electron chi connectivity index (χ3n) is 3.33. The van der Waals surface area contributed by atoms with E-state index in [9.17, 15) is 9.59 Å². The Morgan fingerprint density at radius 3 is 2.60 bits per heavy atom. The molecule has 0 bridgehead atoms. The molecule has 106 valence electrons. The van der Waals surface area contributed by atoms with E-state index in [1.54, 1.807) is 0 Å². The number of carbonyl (C=O) groups excluding carboxylic acids is 1. The topological polar surface area (TPSA) is 72.2 Å². The fourth-order valence-electron chi connectivity index (χ4n) is 2.22. The van der Waals surface area contributed by atoms with Gasteiger partial charge in [0.15, 0.2) is 0 Å². The number of aromatic nitrogens is 2. The zero-order chi connectivity index (χ0) is 14.5. The van der Waals surface area contributed by atoms with E-state index in [0.29, 0.717) is 25.7 Å². The summed E-state index contributed by atoms with van der Waals surface area (Å²) in [6.45, 7) is 0. The first-order chi connectivity index (χ1) is 9.58. The zero-order valence-corrected chi connectivity index (χ0v) is 11.5. The first-order valence-electron chi connectivity index (χ1n) is 6.72. The summed E-state index contributed by atoms with van der Waals surface area (Å²) in [7, 11) is 1.91. The molecule has 20 heavy (non-hydrogen) atoms. The number of para-hydroxylation sites is 2. The molecule has 0 amide bonds. The van der Waals surface area contributed by atoms with Gasteiger partial charge in [0.2, 0.25) is 0 Å². The number of hydrogen-bond donors (Lipinski definition) is 1.